The second kappa shape index (κ2) is 7.65. The number of hydrogen-bond acceptors (Lipinski definition) is 5. The van der Waals surface area contributed by atoms with Gasteiger partial charge in [-0.05, 0) is 45.0 Å². The van der Waals surface area contributed by atoms with Gasteiger partial charge in [-0.3, -0.25) is 4.79 Å². The van der Waals surface area contributed by atoms with E-state index in [2.05, 4.69) is 26.8 Å². The monoisotopic (exact) mass is 414 g/mol. The highest BCUT2D eigenvalue weighted by Crippen LogP contribution is 2.24. The molecule has 0 fully saturated rings. The normalized spacial score (nSPS) is 11.2. The molecule has 1 amide bonds. The van der Waals surface area contributed by atoms with Crippen LogP contribution in [0.1, 0.15) is 41.6 Å². The minimum absolute atomic E-state index is 0.0388. The van der Waals surface area contributed by atoms with Gasteiger partial charge in [0.15, 0.2) is 5.82 Å². The van der Waals surface area contributed by atoms with Gasteiger partial charge < -0.3 is 10.2 Å². The summed E-state index contributed by atoms with van der Waals surface area (Å²) < 4.78 is 19.3. The fourth-order valence-electron chi connectivity index (χ4n) is 3.08. The molecule has 4 aromatic rings. The average molecular weight is 414 g/mol. The van der Waals surface area contributed by atoms with Crippen LogP contribution in [0, 0.1) is 24.6 Å². The molecule has 4 rings (SSSR count). The van der Waals surface area contributed by atoms with E-state index in [1.165, 1.54) is 18.2 Å². The number of hydrogen-bond donors (Lipinski definition) is 1. The van der Waals surface area contributed by atoms with Crippen molar-refractivity contribution in [2.75, 3.05) is 0 Å². The van der Waals surface area contributed by atoms with Crippen LogP contribution in [-0.2, 0) is 5.41 Å². The molecule has 154 valence electrons. The van der Waals surface area contributed by atoms with Gasteiger partial charge in [-0.2, -0.15) is 0 Å². The number of aryl methyl sites for hydroxylation is 1. The number of carbonyl (C=O) groups excluding carboxylic acids is 1. The lowest BCUT2D eigenvalue weighted by atomic mass is 9.94. The number of rotatable bonds is 3. The molecule has 2 aromatic heterocycles. The highest BCUT2D eigenvalue weighted by Gasteiger charge is 2.23. The van der Waals surface area contributed by atoms with Crippen LogP contribution in [0.5, 0.6) is 0 Å². The topological polar surface area (TPSA) is 94.9 Å². The minimum atomic E-state index is -0.709. The third kappa shape index (κ3) is 4.14. The van der Waals surface area contributed by atoms with Crippen LogP contribution < -0.4 is 5.73 Å². The second-order valence-electron chi connectivity index (χ2n) is 7.65. The van der Waals surface area contributed by atoms with Crippen molar-refractivity contribution in [1.82, 2.24) is 15.0 Å². The van der Waals surface area contributed by atoms with E-state index >= 15 is 0 Å². The van der Waals surface area contributed by atoms with E-state index in [1.807, 2.05) is 32.9 Å². The number of nitrogens with two attached hydrogens (primary N) is 1. The van der Waals surface area contributed by atoms with Crippen molar-refractivity contribution >= 4 is 16.8 Å². The first-order valence-corrected chi connectivity index (χ1v) is 9.56. The lowest BCUT2D eigenvalue weighted by Crippen LogP contribution is -2.15. The zero-order valence-electron chi connectivity index (χ0n) is 17.2. The molecular weight excluding hydrogens is 395 g/mol. The van der Waals surface area contributed by atoms with Crippen molar-refractivity contribution in [3.63, 3.8) is 0 Å². The van der Waals surface area contributed by atoms with Gasteiger partial charge in [0.25, 0.3) is 5.91 Å². The third-order valence-corrected chi connectivity index (χ3v) is 4.69. The van der Waals surface area contributed by atoms with Gasteiger partial charge in [0.05, 0.1) is 11.7 Å². The number of fused-ring (bicyclic) bond motifs is 1. The molecule has 31 heavy (non-hydrogen) atoms. The van der Waals surface area contributed by atoms with Crippen LogP contribution in [0.4, 0.5) is 4.39 Å². The van der Waals surface area contributed by atoms with Gasteiger partial charge >= 0.3 is 0 Å². The van der Waals surface area contributed by atoms with Gasteiger partial charge in [0, 0.05) is 22.6 Å². The van der Waals surface area contributed by atoms with Gasteiger partial charge in [-0.25, -0.2) is 19.3 Å². The van der Waals surface area contributed by atoms with Gasteiger partial charge in [-0.1, -0.05) is 24.0 Å². The quantitative estimate of drug-likeness (QED) is 0.508. The van der Waals surface area contributed by atoms with Crippen molar-refractivity contribution in [3.05, 3.63) is 77.4 Å². The van der Waals surface area contributed by atoms with Crippen LogP contribution in [0.15, 0.2) is 53.1 Å². The maximum absolute atomic E-state index is 13.7. The summed E-state index contributed by atoms with van der Waals surface area (Å²) in [5.41, 5.74) is 6.59. The lowest BCUT2D eigenvalue weighted by molar-refractivity contribution is 0.0997. The predicted molar refractivity (Wildman–Crippen MR) is 115 cm³/mol. The third-order valence-electron chi connectivity index (χ3n) is 4.69. The fraction of sp³-hybridized carbons (Fsp3) is 0.167. The summed E-state index contributed by atoms with van der Waals surface area (Å²) in [5, 5.41) is 0.400. The molecule has 0 radical (unpaired) electrons. The Morgan fingerprint density at radius 3 is 2.68 bits per heavy atom. The van der Waals surface area contributed by atoms with Gasteiger partial charge in [0.1, 0.15) is 22.7 Å². The molecular formula is C24H19FN4O2. The second-order valence-corrected chi connectivity index (χ2v) is 7.65. The van der Waals surface area contributed by atoms with Gasteiger partial charge in [0.2, 0.25) is 5.89 Å². The summed E-state index contributed by atoms with van der Waals surface area (Å²) in [6.45, 7) is 5.68. The molecule has 2 heterocycles. The maximum Gasteiger partial charge on any atom is 0.268 e. The van der Waals surface area contributed by atoms with Crippen molar-refractivity contribution in [2.24, 2.45) is 5.73 Å². The number of carbonyl (C=O) groups is 1. The van der Waals surface area contributed by atoms with Crippen molar-refractivity contribution in [3.8, 4) is 23.2 Å². The first-order chi connectivity index (χ1) is 14.7. The molecule has 6 nitrogen and oxygen atoms in total. The smallest absolute Gasteiger partial charge is 0.268 e. The van der Waals surface area contributed by atoms with E-state index in [1.54, 1.807) is 18.3 Å². The van der Waals surface area contributed by atoms with Crippen LogP contribution in [0.25, 0.3) is 22.3 Å². The van der Waals surface area contributed by atoms with Crippen molar-refractivity contribution in [2.45, 2.75) is 26.2 Å². The van der Waals surface area contributed by atoms with Crippen LogP contribution in [0.2, 0.25) is 0 Å². The first kappa shape index (κ1) is 20.2. The Kier molecular flexibility index (Phi) is 4.99. The number of amides is 1. The molecule has 2 N–H and O–H groups in total. The van der Waals surface area contributed by atoms with Crippen molar-refractivity contribution < 1.29 is 13.6 Å². The number of halogens is 1. The summed E-state index contributed by atoms with van der Waals surface area (Å²) in [7, 11) is 0. The average Bonchev–Trinajstić information content (AvgIpc) is 3.19. The van der Waals surface area contributed by atoms with Crippen LogP contribution in [0.3, 0.4) is 0 Å². The summed E-state index contributed by atoms with van der Waals surface area (Å²) >= 11 is 0. The Labute approximate surface area is 178 Å². The zero-order valence-corrected chi connectivity index (χ0v) is 17.2. The summed E-state index contributed by atoms with van der Waals surface area (Å²) in [5.74, 6) is 6.67. The maximum atomic E-state index is 13.7. The molecule has 0 atom stereocenters. The largest absolute Gasteiger partial charge is 0.444 e. The minimum Gasteiger partial charge on any atom is -0.444 e. The summed E-state index contributed by atoms with van der Waals surface area (Å²) in [6.07, 6.45) is 1.66. The standard InChI is InChI=1S/C24H19FN4O2/c1-14-13-27-23(31-14)24(2,3)10-9-15-5-4-6-16(11-15)22-28-19-12-17(25)7-8-18(19)20(29-22)21(26)30/h4-8,11-13H,1-3H3,(H2,26,30). The summed E-state index contributed by atoms with van der Waals surface area (Å²) in [6, 6.07) is 11.2. The molecule has 7 heteroatoms. The van der Waals surface area contributed by atoms with Crippen molar-refractivity contribution in [1.29, 1.82) is 0 Å². The number of primary amides is 1. The highest BCUT2D eigenvalue weighted by molar-refractivity contribution is 6.04. The van der Waals surface area contributed by atoms with E-state index in [9.17, 15) is 9.18 Å². The van der Waals surface area contributed by atoms with E-state index in [-0.39, 0.29) is 11.5 Å². The molecule has 0 spiro atoms. The fourth-order valence-corrected chi connectivity index (χ4v) is 3.08. The Morgan fingerprint density at radius 1 is 1.16 bits per heavy atom. The van der Waals surface area contributed by atoms with E-state index in [4.69, 9.17) is 10.2 Å². The Bertz CT molecular complexity index is 1380. The first-order valence-electron chi connectivity index (χ1n) is 9.56. The molecule has 0 saturated carbocycles. The Hall–Kier alpha value is -4.05. The molecule has 0 aliphatic rings. The van der Waals surface area contributed by atoms with E-state index in [0.29, 0.717) is 22.4 Å². The Balaban J connectivity index is 1.76. The highest BCUT2D eigenvalue weighted by atomic mass is 19.1. The molecule has 0 aliphatic heterocycles. The van der Waals surface area contributed by atoms with E-state index in [0.717, 1.165) is 11.3 Å². The number of oxazole rings is 1. The molecule has 0 aliphatic carbocycles. The number of aromatic nitrogens is 3. The SMILES string of the molecule is Cc1cnc(C(C)(C)C#Cc2cccc(-c3nc(C(N)=O)c4ccc(F)cc4n3)c2)o1. The van der Waals surface area contributed by atoms with E-state index < -0.39 is 17.1 Å². The van der Waals surface area contributed by atoms with Crippen LogP contribution >= 0.6 is 0 Å². The zero-order chi connectivity index (χ0) is 22.2. The number of nitrogens with zero attached hydrogens (tertiary/aromatic N) is 3. The molecule has 0 bridgehead atoms. The molecule has 2 aromatic carbocycles. The van der Waals surface area contributed by atoms with Crippen LogP contribution in [-0.4, -0.2) is 20.9 Å². The van der Waals surface area contributed by atoms with Gasteiger partial charge in [-0.15, -0.1) is 0 Å². The summed E-state index contributed by atoms with van der Waals surface area (Å²) in [4.78, 5) is 24.9. The molecule has 0 saturated heterocycles. The number of benzene rings is 2. The molecule has 0 unspecified atom stereocenters. The Morgan fingerprint density at radius 2 is 1.97 bits per heavy atom. The predicted octanol–water partition coefficient (Wildman–Crippen LogP) is 4.16. The lowest BCUT2D eigenvalue weighted by Gasteiger charge is -2.12.